The Labute approximate surface area is 308 Å². The van der Waals surface area contributed by atoms with Gasteiger partial charge in [-0.05, 0) is 55.2 Å². The topological polar surface area (TPSA) is 124 Å². The summed E-state index contributed by atoms with van der Waals surface area (Å²) in [7, 11) is -4.30. The number of hydrogen-bond acceptors (Lipinski definition) is 9. The smallest absolute Gasteiger partial charge is 0.410 e. The predicted octanol–water partition coefficient (Wildman–Crippen LogP) is 6.88. The molecule has 2 rings (SSSR count). The average molecular weight is 750 g/mol. The maximum Gasteiger partial charge on any atom is 0.410 e. The molecule has 1 fully saturated rings. The number of hydrogen-bond donors (Lipinski definition) is 0. The van der Waals surface area contributed by atoms with Crippen LogP contribution in [0.25, 0.3) is 0 Å². The number of carbonyl (C=O) groups excluding carboxylic acids is 4. The van der Waals surface area contributed by atoms with Crippen molar-refractivity contribution in [1.82, 2.24) is 14.7 Å². The van der Waals surface area contributed by atoms with Crippen LogP contribution in [0.15, 0.2) is 49.2 Å². The number of carbonyl (C=O) groups is 4. The zero-order chi connectivity index (χ0) is 38.9. The van der Waals surface area contributed by atoms with Gasteiger partial charge in [0.1, 0.15) is 25.5 Å². The predicted molar refractivity (Wildman–Crippen MR) is 204 cm³/mol. The Hall–Kier alpha value is -3.21. The van der Waals surface area contributed by atoms with Crippen LogP contribution in [0.4, 0.5) is 9.59 Å². The van der Waals surface area contributed by atoms with Crippen LogP contribution in [-0.4, -0.2) is 120 Å². The van der Waals surface area contributed by atoms with Crippen LogP contribution in [0.5, 0.6) is 0 Å². The van der Waals surface area contributed by atoms with E-state index in [1.807, 2.05) is 6.92 Å². The summed E-state index contributed by atoms with van der Waals surface area (Å²) < 4.78 is 29.2. The fraction of sp³-hybridized carbons (Fsp3) is 0.676. The van der Waals surface area contributed by atoms with E-state index in [9.17, 15) is 19.2 Å². The Morgan fingerprint density at radius 2 is 1.31 bits per heavy atom. The van der Waals surface area contributed by atoms with Crippen molar-refractivity contribution in [1.29, 1.82) is 0 Å². The van der Waals surface area contributed by atoms with Crippen LogP contribution >= 0.6 is 0 Å². The minimum absolute atomic E-state index is 0.0170. The molecule has 0 aromatic carbocycles. The summed E-state index contributed by atoms with van der Waals surface area (Å²) in [6.07, 6.45) is 3.13. The molecule has 0 aromatic heterocycles. The number of amides is 3. The third-order valence-corrected chi connectivity index (χ3v) is 19.5. The van der Waals surface area contributed by atoms with E-state index in [-0.39, 0.29) is 79.8 Å². The summed E-state index contributed by atoms with van der Waals surface area (Å²) in [6, 6.07) is -0.331. The molecule has 14 heteroatoms. The minimum atomic E-state index is -2.20. The molecule has 2 aliphatic rings. The van der Waals surface area contributed by atoms with Crippen LogP contribution in [0.2, 0.25) is 36.3 Å². The van der Waals surface area contributed by atoms with Gasteiger partial charge in [0.2, 0.25) is 5.91 Å². The molecule has 288 valence electrons. The highest BCUT2D eigenvalue weighted by Gasteiger charge is 2.58. The molecule has 0 spiro atoms. The first-order chi connectivity index (χ1) is 23.5. The molecule has 2 aliphatic heterocycles. The SMILES string of the molecule is C=CCOC(=O)C1=C(CN(CCN(CCO[Si](C)(C)C(C)(C)C)C(=O)OCC=C)C(=O)OCC=C)C[C@@H]2[C@@H]([C@@H](C)O[Si](C)(C)C(C)(C)C)C(=O)N12. The van der Waals surface area contributed by atoms with E-state index < -0.39 is 40.7 Å². The number of rotatable bonds is 19. The summed E-state index contributed by atoms with van der Waals surface area (Å²) in [4.78, 5) is 58.2. The molecule has 3 amide bonds. The van der Waals surface area contributed by atoms with Crippen molar-refractivity contribution in [3.63, 3.8) is 0 Å². The number of β-lactam (4-membered cyclic amide) rings is 1. The van der Waals surface area contributed by atoms with E-state index in [1.54, 1.807) is 0 Å². The molecule has 0 bridgehead atoms. The molecular weight excluding hydrogens is 687 g/mol. The van der Waals surface area contributed by atoms with E-state index >= 15 is 0 Å². The van der Waals surface area contributed by atoms with Crippen molar-refractivity contribution in [3.05, 3.63) is 49.2 Å². The summed E-state index contributed by atoms with van der Waals surface area (Å²) >= 11 is 0. The van der Waals surface area contributed by atoms with Crippen molar-refractivity contribution in [3.8, 4) is 0 Å². The van der Waals surface area contributed by atoms with Gasteiger partial charge in [0.25, 0.3) is 0 Å². The largest absolute Gasteiger partial charge is 0.457 e. The highest BCUT2D eigenvalue weighted by Crippen LogP contribution is 2.47. The van der Waals surface area contributed by atoms with Crippen molar-refractivity contribution in [2.45, 2.75) is 103 Å². The van der Waals surface area contributed by atoms with E-state index in [2.05, 4.69) is 87.5 Å². The molecule has 51 heavy (non-hydrogen) atoms. The first-order valence-corrected chi connectivity index (χ1v) is 23.6. The second-order valence-corrected chi connectivity index (χ2v) is 25.7. The fourth-order valence-electron chi connectivity index (χ4n) is 5.47. The van der Waals surface area contributed by atoms with Gasteiger partial charge in [0.15, 0.2) is 16.6 Å². The van der Waals surface area contributed by atoms with Crippen molar-refractivity contribution < 1.29 is 42.2 Å². The van der Waals surface area contributed by atoms with Crippen LogP contribution in [0.3, 0.4) is 0 Å². The van der Waals surface area contributed by atoms with Gasteiger partial charge >= 0.3 is 18.2 Å². The Balaban J connectivity index is 2.39. The molecule has 0 N–H and O–H groups in total. The Morgan fingerprint density at radius 3 is 1.82 bits per heavy atom. The quantitative estimate of drug-likeness (QED) is 0.0457. The number of ether oxygens (including phenoxy) is 3. The summed E-state index contributed by atoms with van der Waals surface area (Å²) in [5.41, 5.74) is 0.677. The standard InChI is InChI=1S/C37H63N3O9Si2/c1-15-21-45-33(42)31-28(25-29-30(32(41)40(29)31)27(4)49-51(13,14)37(8,9)10)26-39(35(44)47-23-17-3)19-18-38(34(43)46-22-16-2)20-24-48-50(11,12)36(5,6)7/h15-17,27,29-30H,1-3,18-26H2,4-14H3/t27-,29-,30-/m1/s1. The van der Waals surface area contributed by atoms with Crippen LogP contribution in [0.1, 0.15) is 54.9 Å². The molecule has 0 aromatic rings. The molecule has 2 heterocycles. The normalized spacial score (nSPS) is 18.3. The van der Waals surface area contributed by atoms with Gasteiger partial charge in [-0.1, -0.05) is 79.5 Å². The minimum Gasteiger partial charge on any atom is -0.457 e. The average Bonchev–Trinajstić information content (AvgIpc) is 3.34. The van der Waals surface area contributed by atoms with Gasteiger partial charge < -0.3 is 37.8 Å². The van der Waals surface area contributed by atoms with Crippen molar-refractivity contribution >= 4 is 40.7 Å². The van der Waals surface area contributed by atoms with Crippen LogP contribution in [0, 0.1) is 5.92 Å². The number of fused-ring (bicyclic) bond motifs is 1. The van der Waals surface area contributed by atoms with Gasteiger partial charge in [0, 0.05) is 26.2 Å². The third kappa shape index (κ3) is 11.1. The lowest BCUT2D eigenvalue weighted by atomic mass is 9.83. The molecule has 0 radical (unpaired) electrons. The van der Waals surface area contributed by atoms with E-state index in [0.717, 1.165) is 0 Å². The summed E-state index contributed by atoms with van der Waals surface area (Å²) in [5.74, 6) is -1.35. The molecule has 0 aliphatic carbocycles. The first-order valence-electron chi connectivity index (χ1n) is 17.7. The fourth-order valence-corrected chi connectivity index (χ4v) is 7.93. The lowest BCUT2D eigenvalue weighted by Crippen LogP contribution is -2.63. The third-order valence-electron chi connectivity index (χ3n) is 10.4. The van der Waals surface area contributed by atoms with Gasteiger partial charge in [-0.3, -0.25) is 4.79 Å². The first kappa shape index (κ1) is 44.0. The zero-order valence-electron chi connectivity index (χ0n) is 33.0. The molecule has 0 saturated carbocycles. The Kier molecular flexibility index (Phi) is 15.5. The maximum absolute atomic E-state index is 13.7. The highest BCUT2D eigenvalue weighted by molar-refractivity contribution is 6.74. The molecule has 0 unspecified atom stereocenters. The van der Waals surface area contributed by atoms with E-state index in [1.165, 1.54) is 32.9 Å². The number of nitrogens with zero attached hydrogens (tertiary/aromatic N) is 3. The molecule has 3 atom stereocenters. The van der Waals surface area contributed by atoms with Gasteiger partial charge in [-0.25, -0.2) is 14.4 Å². The molecule has 12 nitrogen and oxygen atoms in total. The van der Waals surface area contributed by atoms with Crippen LogP contribution < -0.4 is 0 Å². The maximum atomic E-state index is 13.7. The van der Waals surface area contributed by atoms with Gasteiger partial charge in [-0.15, -0.1) is 0 Å². The summed E-state index contributed by atoms with van der Waals surface area (Å²) in [5, 5.41) is -0.0709. The molecular formula is C37H63N3O9Si2. The Bertz CT molecular complexity index is 1330. The number of esters is 1. The summed E-state index contributed by atoms with van der Waals surface area (Å²) in [6.45, 7) is 34.8. The van der Waals surface area contributed by atoms with E-state index in [4.69, 9.17) is 23.1 Å². The van der Waals surface area contributed by atoms with Crippen LogP contribution in [-0.2, 0) is 32.7 Å². The lowest BCUT2D eigenvalue weighted by Gasteiger charge is -2.48. The van der Waals surface area contributed by atoms with Crippen molar-refractivity contribution in [2.75, 3.05) is 52.6 Å². The van der Waals surface area contributed by atoms with Gasteiger partial charge in [0.05, 0.1) is 24.7 Å². The Morgan fingerprint density at radius 1 is 0.824 bits per heavy atom. The second-order valence-electron chi connectivity index (χ2n) is 16.2. The highest BCUT2D eigenvalue weighted by atomic mass is 28.4. The van der Waals surface area contributed by atoms with Gasteiger partial charge in [-0.2, -0.15) is 0 Å². The second kappa shape index (κ2) is 18.0. The lowest BCUT2D eigenvalue weighted by molar-refractivity contribution is -0.161. The van der Waals surface area contributed by atoms with Crippen molar-refractivity contribution in [2.24, 2.45) is 5.92 Å². The molecule has 1 saturated heterocycles. The zero-order valence-corrected chi connectivity index (χ0v) is 35.0. The monoisotopic (exact) mass is 749 g/mol. The van der Waals surface area contributed by atoms with E-state index in [0.29, 0.717) is 18.6 Å².